The van der Waals surface area contributed by atoms with Crippen molar-refractivity contribution in [2.45, 2.75) is 25.2 Å². The van der Waals surface area contributed by atoms with Gasteiger partial charge >= 0.3 is 0 Å². The normalized spacial score (nSPS) is 12.9. The number of halogens is 1. The summed E-state index contributed by atoms with van der Waals surface area (Å²) in [6, 6.07) is 5.68. The molecular formula is C12H15BrN4O. The average molecular weight is 311 g/mol. The third-order valence-electron chi connectivity index (χ3n) is 2.64. The van der Waals surface area contributed by atoms with E-state index in [1.54, 1.807) is 0 Å². The van der Waals surface area contributed by atoms with E-state index in [1.165, 1.54) is 0 Å². The van der Waals surface area contributed by atoms with E-state index in [-0.39, 0.29) is 16.7 Å². The lowest BCUT2D eigenvalue weighted by Crippen LogP contribution is -2.34. The third-order valence-corrected chi connectivity index (χ3v) is 4.11. The number of nitrogens with zero attached hydrogens (tertiary/aromatic N) is 3. The van der Waals surface area contributed by atoms with Crippen LogP contribution in [-0.2, 0) is 11.3 Å². The minimum atomic E-state index is -0.184. The van der Waals surface area contributed by atoms with Crippen molar-refractivity contribution in [1.29, 1.82) is 0 Å². The smallest absolute Gasteiger partial charge is 0.234 e. The van der Waals surface area contributed by atoms with Gasteiger partial charge in [0, 0.05) is 6.20 Å². The lowest BCUT2D eigenvalue weighted by Gasteiger charge is -2.13. The van der Waals surface area contributed by atoms with Crippen molar-refractivity contribution in [2.24, 2.45) is 5.92 Å². The summed E-state index contributed by atoms with van der Waals surface area (Å²) in [5, 5.41) is 10.9. The van der Waals surface area contributed by atoms with E-state index in [4.69, 9.17) is 0 Å². The second-order valence-corrected chi connectivity index (χ2v) is 5.40. The van der Waals surface area contributed by atoms with E-state index in [1.807, 2.05) is 42.6 Å². The van der Waals surface area contributed by atoms with Gasteiger partial charge in [-0.1, -0.05) is 35.8 Å². The number of fused-ring (bicyclic) bond motifs is 1. The highest BCUT2D eigenvalue weighted by Crippen LogP contribution is 2.12. The number of hydrogen-bond donors (Lipinski definition) is 1. The molecule has 0 aliphatic heterocycles. The first-order valence-electron chi connectivity index (χ1n) is 5.80. The fourth-order valence-corrected chi connectivity index (χ4v) is 1.74. The number of aromatic nitrogens is 3. The second kappa shape index (κ2) is 5.48. The van der Waals surface area contributed by atoms with Crippen molar-refractivity contribution in [3.63, 3.8) is 0 Å². The fraction of sp³-hybridized carbons (Fsp3) is 0.417. The van der Waals surface area contributed by atoms with Crippen molar-refractivity contribution >= 4 is 27.5 Å². The number of alkyl halides is 1. The molecule has 2 aromatic heterocycles. The van der Waals surface area contributed by atoms with Gasteiger partial charge in [0.2, 0.25) is 5.91 Å². The van der Waals surface area contributed by atoms with E-state index in [2.05, 4.69) is 31.4 Å². The van der Waals surface area contributed by atoms with Gasteiger partial charge in [-0.3, -0.25) is 9.20 Å². The Kier molecular flexibility index (Phi) is 3.96. The number of carbonyl (C=O) groups is 1. The van der Waals surface area contributed by atoms with Gasteiger partial charge < -0.3 is 5.32 Å². The Morgan fingerprint density at radius 3 is 2.94 bits per heavy atom. The number of carbonyl (C=O) groups excluding carboxylic acids is 1. The highest BCUT2D eigenvalue weighted by molar-refractivity contribution is 9.10. The van der Waals surface area contributed by atoms with Gasteiger partial charge in [-0.15, -0.1) is 10.2 Å². The van der Waals surface area contributed by atoms with Crippen molar-refractivity contribution in [1.82, 2.24) is 19.9 Å². The van der Waals surface area contributed by atoms with Crippen LogP contribution in [0.5, 0.6) is 0 Å². The first kappa shape index (κ1) is 13.0. The molecule has 0 saturated carbocycles. The second-order valence-electron chi connectivity index (χ2n) is 4.41. The fourth-order valence-electron chi connectivity index (χ4n) is 1.58. The Morgan fingerprint density at radius 1 is 1.44 bits per heavy atom. The minimum absolute atomic E-state index is 0.0299. The molecule has 0 aliphatic rings. The molecule has 0 aliphatic carbocycles. The Labute approximate surface area is 114 Å². The van der Waals surface area contributed by atoms with E-state index in [0.717, 1.165) is 11.5 Å². The lowest BCUT2D eigenvalue weighted by atomic mass is 10.1. The van der Waals surface area contributed by atoms with Crippen LogP contribution in [0.15, 0.2) is 24.4 Å². The van der Waals surface area contributed by atoms with Crippen LogP contribution in [0.25, 0.3) is 5.65 Å². The molecule has 6 heteroatoms. The molecule has 1 unspecified atom stereocenters. The molecule has 1 atom stereocenters. The molecule has 18 heavy (non-hydrogen) atoms. The third kappa shape index (κ3) is 2.69. The van der Waals surface area contributed by atoms with E-state index < -0.39 is 0 Å². The summed E-state index contributed by atoms with van der Waals surface area (Å²) < 4.78 is 1.86. The molecule has 1 amide bonds. The van der Waals surface area contributed by atoms with Crippen LogP contribution >= 0.6 is 15.9 Å². The summed E-state index contributed by atoms with van der Waals surface area (Å²) in [5.74, 6) is 0.945. The summed E-state index contributed by atoms with van der Waals surface area (Å²) in [5.41, 5.74) is 0.779. The minimum Gasteiger partial charge on any atom is -0.348 e. The molecule has 96 valence electrons. The Hall–Kier alpha value is -1.43. The number of pyridine rings is 1. The standard InChI is InChI=1S/C12H15BrN4O/c1-8(2)11(13)12(18)14-7-10-16-15-9-5-3-4-6-17(9)10/h3-6,8,11H,7H2,1-2H3,(H,14,18). The van der Waals surface area contributed by atoms with E-state index >= 15 is 0 Å². The summed E-state index contributed by atoms with van der Waals surface area (Å²) in [4.78, 5) is 11.6. The molecule has 2 heterocycles. The van der Waals surface area contributed by atoms with Gasteiger partial charge in [-0.2, -0.15) is 0 Å². The predicted molar refractivity (Wildman–Crippen MR) is 72.4 cm³/mol. The number of rotatable bonds is 4. The quantitative estimate of drug-likeness (QED) is 0.876. The highest BCUT2D eigenvalue weighted by atomic mass is 79.9. The topological polar surface area (TPSA) is 59.3 Å². The van der Waals surface area contributed by atoms with Gasteiger partial charge in [-0.05, 0) is 18.1 Å². The number of amides is 1. The van der Waals surface area contributed by atoms with E-state index in [9.17, 15) is 4.79 Å². The molecule has 0 fully saturated rings. The SMILES string of the molecule is CC(C)C(Br)C(=O)NCc1nnc2ccccn12. The molecule has 0 bridgehead atoms. The zero-order valence-electron chi connectivity index (χ0n) is 10.3. The van der Waals surface area contributed by atoms with Crippen LogP contribution in [0.1, 0.15) is 19.7 Å². The Balaban J connectivity index is 2.04. The summed E-state index contributed by atoms with van der Waals surface area (Å²) in [7, 11) is 0. The van der Waals surface area contributed by atoms with Crippen LogP contribution in [0, 0.1) is 5.92 Å². The van der Waals surface area contributed by atoms with Crippen LogP contribution < -0.4 is 5.32 Å². The molecule has 2 rings (SSSR count). The summed E-state index contributed by atoms with van der Waals surface area (Å²) in [6.45, 7) is 4.36. The average Bonchev–Trinajstić information content (AvgIpc) is 2.78. The van der Waals surface area contributed by atoms with Crippen LogP contribution in [0.2, 0.25) is 0 Å². The zero-order valence-corrected chi connectivity index (χ0v) is 11.9. The van der Waals surface area contributed by atoms with Crippen LogP contribution in [0.4, 0.5) is 0 Å². The first-order chi connectivity index (χ1) is 8.59. The van der Waals surface area contributed by atoms with Crippen molar-refractivity contribution < 1.29 is 4.79 Å². The maximum absolute atomic E-state index is 11.8. The molecule has 0 spiro atoms. The molecule has 5 nitrogen and oxygen atoms in total. The molecule has 0 aromatic carbocycles. The maximum atomic E-state index is 11.8. The van der Waals surface area contributed by atoms with Gasteiger partial charge in [0.1, 0.15) is 0 Å². The first-order valence-corrected chi connectivity index (χ1v) is 6.71. The summed E-state index contributed by atoms with van der Waals surface area (Å²) in [6.07, 6.45) is 1.88. The molecule has 0 radical (unpaired) electrons. The van der Waals surface area contributed by atoms with E-state index in [0.29, 0.717) is 6.54 Å². The van der Waals surface area contributed by atoms with Crippen LogP contribution in [0.3, 0.4) is 0 Å². The Morgan fingerprint density at radius 2 is 2.22 bits per heavy atom. The maximum Gasteiger partial charge on any atom is 0.234 e. The lowest BCUT2D eigenvalue weighted by molar-refractivity contribution is -0.121. The van der Waals surface area contributed by atoms with Crippen molar-refractivity contribution in [3.8, 4) is 0 Å². The van der Waals surface area contributed by atoms with Crippen molar-refractivity contribution in [3.05, 3.63) is 30.2 Å². The molecule has 2 aromatic rings. The summed E-state index contributed by atoms with van der Waals surface area (Å²) >= 11 is 3.37. The van der Waals surface area contributed by atoms with Crippen LogP contribution in [-0.4, -0.2) is 25.3 Å². The Bertz CT molecular complexity index is 552. The van der Waals surface area contributed by atoms with Gasteiger partial charge in [0.25, 0.3) is 0 Å². The largest absolute Gasteiger partial charge is 0.348 e. The molecular weight excluding hydrogens is 296 g/mol. The van der Waals surface area contributed by atoms with Gasteiger partial charge in [0.05, 0.1) is 11.4 Å². The van der Waals surface area contributed by atoms with Crippen molar-refractivity contribution in [2.75, 3.05) is 0 Å². The molecule has 1 N–H and O–H groups in total. The zero-order chi connectivity index (χ0) is 13.1. The monoisotopic (exact) mass is 310 g/mol. The predicted octanol–water partition coefficient (Wildman–Crippen LogP) is 1.77. The van der Waals surface area contributed by atoms with Gasteiger partial charge in [-0.25, -0.2) is 0 Å². The number of hydrogen-bond acceptors (Lipinski definition) is 3. The molecule has 0 saturated heterocycles. The highest BCUT2D eigenvalue weighted by Gasteiger charge is 2.18. The van der Waals surface area contributed by atoms with Gasteiger partial charge in [0.15, 0.2) is 11.5 Å². The number of nitrogens with one attached hydrogen (secondary N) is 1.